The molecule has 0 bridgehead atoms. The molecule has 0 spiro atoms. The standard InChI is InChI=1S/C13H17NO2/c1-13(7-2-8-13)9-14-11-5-3-10(4-6-11)12(15)16/h3-6,14H,2,7-9H2,1H3,(H,15,16). The number of carboxylic acids is 1. The Bertz CT molecular complexity index is 379. The Labute approximate surface area is 95.5 Å². The minimum absolute atomic E-state index is 0.334. The average Bonchev–Trinajstić information content (AvgIpc) is 2.24. The van der Waals surface area contributed by atoms with Gasteiger partial charge in [0.25, 0.3) is 0 Å². The third-order valence-corrected chi connectivity index (χ3v) is 3.41. The van der Waals surface area contributed by atoms with E-state index in [4.69, 9.17) is 5.11 Å². The minimum Gasteiger partial charge on any atom is -0.478 e. The maximum Gasteiger partial charge on any atom is 0.335 e. The second kappa shape index (κ2) is 4.16. The highest BCUT2D eigenvalue weighted by Gasteiger charge is 2.31. The van der Waals surface area contributed by atoms with Crippen LogP contribution in [0.2, 0.25) is 0 Å². The van der Waals surface area contributed by atoms with Gasteiger partial charge >= 0.3 is 5.97 Å². The third kappa shape index (κ3) is 2.35. The smallest absolute Gasteiger partial charge is 0.335 e. The first kappa shape index (κ1) is 11.0. The van der Waals surface area contributed by atoms with Gasteiger partial charge in [-0.05, 0) is 42.5 Å². The van der Waals surface area contributed by atoms with Crippen molar-refractivity contribution in [3.05, 3.63) is 29.8 Å². The Balaban J connectivity index is 1.92. The zero-order chi connectivity index (χ0) is 11.6. The Kier molecular flexibility index (Phi) is 2.86. The largest absolute Gasteiger partial charge is 0.478 e. The van der Waals surface area contributed by atoms with E-state index in [1.165, 1.54) is 19.3 Å². The average molecular weight is 219 g/mol. The molecule has 1 saturated carbocycles. The van der Waals surface area contributed by atoms with Gasteiger partial charge in [-0.2, -0.15) is 0 Å². The van der Waals surface area contributed by atoms with Gasteiger partial charge in [-0.15, -0.1) is 0 Å². The number of rotatable bonds is 4. The van der Waals surface area contributed by atoms with Gasteiger partial charge in [-0.3, -0.25) is 0 Å². The summed E-state index contributed by atoms with van der Waals surface area (Å²) < 4.78 is 0. The van der Waals surface area contributed by atoms with Crippen LogP contribution in [0.25, 0.3) is 0 Å². The summed E-state index contributed by atoms with van der Waals surface area (Å²) in [7, 11) is 0. The molecule has 0 radical (unpaired) electrons. The molecule has 1 aliphatic carbocycles. The van der Waals surface area contributed by atoms with Gasteiger partial charge in [0.1, 0.15) is 0 Å². The van der Waals surface area contributed by atoms with E-state index in [1.54, 1.807) is 12.1 Å². The first-order valence-corrected chi connectivity index (χ1v) is 5.66. The second-order valence-electron chi connectivity index (χ2n) is 4.90. The van der Waals surface area contributed by atoms with E-state index < -0.39 is 5.97 Å². The van der Waals surface area contributed by atoms with Crippen LogP contribution in [0.4, 0.5) is 5.69 Å². The predicted molar refractivity (Wildman–Crippen MR) is 63.8 cm³/mol. The summed E-state index contributed by atoms with van der Waals surface area (Å²) >= 11 is 0. The summed E-state index contributed by atoms with van der Waals surface area (Å²) in [6.07, 6.45) is 3.90. The molecule has 0 amide bonds. The first-order valence-electron chi connectivity index (χ1n) is 5.66. The number of benzene rings is 1. The van der Waals surface area contributed by atoms with E-state index in [0.29, 0.717) is 11.0 Å². The maximum atomic E-state index is 10.7. The fourth-order valence-electron chi connectivity index (χ4n) is 2.00. The third-order valence-electron chi connectivity index (χ3n) is 3.41. The summed E-state index contributed by atoms with van der Waals surface area (Å²) in [5.41, 5.74) is 1.77. The highest BCUT2D eigenvalue weighted by atomic mass is 16.4. The van der Waals surface area contributed by atoms with Gasteiger partial charge in [0.2, 0.25) is 0 Å². The quantitative estimate of drug-likeness (QED) is 0.818. The van der Waals surface area contributed by atoms with Gasteiger partial charge in [0.15, 0.2) is 0 Å². The number of aromatic carboxylic acids is 1. The maximum absolute atomic E-state index is 10.7. The summed E-state index contributed by atoms with van der Waals surface area (Å²) in [4.78, 5) is 10.7. The molecule has 1 fully saturated rings. The van der Waals surface area contributed by atoms with Gasteiger partial charge in [-0.1, -0.05) is 13.3 Å². The number of carbonyl (C=O) groups is 1. The van der Waals surface area contributed by atoms with Crippen molar-refractivity contribution in [2.24, 2.45) is 5.41 Å². The van der Waals surface area contributed by atoms with E-state index in [9.17, 15) is 4.79 Å². The number of anilines is 1. The van der Waals surface area contributed by atoms with Crippen LogP contribution < -0.4 is 5.32 Å². The van der Waals surface area contributed by atoms with Crippen LogP contribution in [0, 0.1) is 5.41 Å². The van der Waals surface area contributed by atoms with Crippen molar-refractivity contribution in [1.29, 1.82) is 0 Å². The Morgan fingerprint density at radius 2 is 2.00 bits per heavy atom. The molecule has 1 aromatic carbocycles. The van der Waals surface area contributed by atoms with Crippen LogP contribution >= 0.6 is 0 Å². The molecule has 0 aromatic heterocycles. The SMILES string of the molecule is CC1(CNc2ccc(C(=O)O)cc2)CCC1. The number of carboxylic acid groups (broad SMARTS) is 1. The zero-order valence-electron chi connectivity index (χ0n) is 9.49. The van der Waals surface area contributed by atoms with Gasteiger partial charge in [0.05, 0.1) is 5.56 Å². The molecule has 0 heterocycles. The lowest BCUT2D eigenvalue weighted by Crippen LogP contribution is -2.33. The molecular weight excluding hydrogens is 202 g/mol. The fraction of sp³-hybridized carbons (Fsp3) is 0.462. The Morgan fingerprint density at radius 1 is 1.38 bits per heavy atom. The van der Waals surface area contributed by atoms with Crippen molar-refractivity contribution in [2.45, 2.75) is 26.2 Å². The van der Waals surface area contributed by atoms with E-state index in [-0.39, 0.29) is 0 Å². The summed E-state index contributed by atoms with van der Waals surface area (Å²) in [6, 6.07) is 6.92. The fourth-order valence-corrected chi connectivity index (χ4v) is 2.00. The van der Waals surface area contributed by atoms with E-state index in [2.05, 4.69) is 12.2 Å². The van der Waals surface area contributed by atoms with Gasteiger partial charge in [-0.25, -0.2) is 4.79 Å². The number of hydrogen-bond donors (Lipinski definition) is 2. The first-order chi connectivity index (χ1) is 7.59. The summed E-state index contributed by atoms with van der Waals surface area (Å²) in [5, 5.41) is 12.1. The van der Waals surface area contributed by atoms with Crippen LogP contribution in [-0.2, 0) is 0 Å². The van der Waals surface area contributed by atoms with E-state index >= 15 is 0 Å². The molecule has 0 atom stereocenters. The Hall–Kier alpha value is -1.51. The molecule has 0 unspecified atom stereocenters. The van der Waals surface area contributed by atoms with Crippen LogP contribution in [0.3, 0.4) is 0 Å². The Morgan fingerprint density at radius 3 is 2.44 bits per heavy atom. The van der Waals surface area contributed by atoms with Crippen molar-refractivity contribution < 1.29 is 9.90 Å². The monoisotopic (exact) mass is 219 g/mol. The van der Waals surface area contributed by atoms with Crippen LogP contribution in [0.1, 0.15) is 36.5 Å². The summed E-state index contributed by atoms with van der Waals surface area (Å²) in [6.45, 7) is 3.26. The molecule has 1 aliphatic rings. The topological polar surface area (TPSA) is 49.3 Å². The van der Waals surface area contributed by atoms with Crippen molar-refractivity contribution in [1.82, 2.24) is 0 Å². The van der Waals surface area contributed by atoms with Crippen LogP contribution in [0.5, 0.6) is 0 Å². The molecule has 3 nitrogen and oxygen atoms in total. The van der Waals surface area contributed by atoms with Crippen molar-refractivity contribution in [3.8, 4) is 0 Å². The number of nitrogens with one attached hydrogen (secondary N) is 1. The normalized spacial score (nSPS) is 17.6. The van der Waals surface area contributed by atoms with Crippen molar-refractivity contribution in [2.75, 3.05) is 11.9 Å². The minimum atomic E-state index is -0.877. The molecular formula is C13H17NO2. The molecule has 2 rings (SSSR count). The van der Waals surface area contributed by atoms with Crippen LogP contribution in [0.15, 0.2) is 24.3 Å². The molecule has 16 heavy (non-hydrogen) atoms. The lowest BCUT2D eigenvalue weighted by Gasteiger charge is -2.38. The second-order valence-corrected chi connectivity index (χ2v) is 4.90. The summed E-state index contributed by atoms with van der Waals surface area (Å²) in [5.74, 6) is -0.877. The van der Waals surface area contributed by atoms with Gasteiger partial charge in [0, 0.05) is 12.2 Å². The molecule has 3 heteroatoms. The zero-order valence-corrected chi connectivity index (χ0v) is 9.49. The predicted octanol–water partition coefficient (Wildman–Crippen LogP) is 2.99. The van der Waals surface area contributed by atoms with Crippen LogP contribution in [-0.4, -0.2) is 17.6 Å². The highest BCUT2D eigenvalue weighted by Crippen LogP contribution is 2.40. The number of hydrogen-bond acceptors (Lipinski definition) is 2. The molecule has 0 saturated heterocycles. The van der Waals surface area contributed by atoms with Crippen molar-refractivity contribution >= 4 is 11.7 Å². The molecule has 1 aromatic rings. The lowest BCUT2D eigenvalue weighted by molar-refractivity contribution is 0.0697. The molecule has 86 valence electrons. The van der Waals surface area contributed by atoms with E-state index in [1.807, 2.05) is 12.1 Å². The molecule has 0 aliphatic heterocycles. The van der Waals surface area contributed by atoms with E-state index in [0.717, 1.165) is 12.2 Å². The highest BCUT2D eigenvalue weighted by molar-refractivity contribution is 5.87. The molecule has 2 N–H and O–H groups in total. The van der Waals surface area contributed by atoms with Crippen molar-refractivity contribution in [3.63, 3.8) is 0 Å². The lowest BCUT2D eigenvalue weighted by atomic mass is 9.70. The van der Waals surface area contributed by atoms with Gasteiger partial charge < -0.3 is 10.4 Å².